The van der Waals surface area contributed by atoms with Crippen LogP contribution < -0.4 is 10.5 Å². The molecule has 3 rings (SSSR count). The fourth-order valence-electron chi connectivity index (χ4n) is 1.90. The Hall–Kier alpha value is -2.18. The Bertz CT molecular complexity index is 742. The summed E-state index contributed by atoms with van der Waals surface area (Å²) in [5.74, 6) is 1.39. The van der Waals surface area contributed by atoms with Crippen LogP contribution in [0.2, 0.25) is 0 Å². The summed E-state index contributed by atoms with van der Waals surface area (Å²) in [5.41, 5.74) is 6.74. The number of hydrogen-bond acceptors (Lipinski definition) is 6. The number of nitrogens with two attached hydrogens (primary N) is 1. The van der Waals surface area contributed by atoms with Crippen molar-refractivity contribution in [3.63, 3.8) is 0 Å². The van der Waals surface area contributed by atoms with E-state index in [1.54, 1.807) is 7.11 Å². The minimum Gasteiger partial charge on any atom is -0.438 e. The summed E-state index contributed by atoms with van der Waals surface area (Å²) in [5, 5.41) is 2.80. The molecule has 102 valence electrons. The summed E-state index contributed by atoms with van der Waals surface area (Å²) in [6, 6.07) is 9.60. The second kappa shape index (κ2) is 5.44. The monoisotopic (exact) mass is 287 g/mol. The van der Waals surface area contributed by atoms with Gasteiger partial charge in [-0.25, -0.2) is 4.98 Å². The first-order valence-corrected chi connectivity index (χ1v) is 6.90. The standard InChI is InChI=1S/C14H13N3O2S/c1-18-8-9-3-2-4-10(7-9)19-12-11-5-6-20-13(11)17-14(15)16-12/h2-7H,8H2,1H3,(H2,15,16,17). The highest BCUT2D eigenvalue weighted by Gasteiger charge is 2.09. The van der Waals surface area contributed by atoms with Crippen LogP contribution in [0.4, 0.5) is 5.95 Å². The highest BCUT2D eigenvalue weighted by atomic mass is 32.1. The van der Waals surface area contributed by atoms with Crippen molar-refractivity contribution in [2.75, 3.05) is 12.8 Å². The Balaban J connectivity index is 1.96. The minimum atomic E-state index is 0.211. The summed E-state index contributed by atoms with van der Waals surface area (Å²) in [7, 11) is 1.66. The normalized spacial score (nSPS) is 10.8. The SMILES string of the molecule is COCc1cccc(Oc2nc(N)nc3sccc23)c1. The maximum Gasteiger partial charge on any atom is 0.232 e. The number of anilines is 1. The molecule has 0 atom stereocenters. The Labute approximate surface area is 120 Å². The second-order valence-corrected chi connectivity index (χ2v) is 5.10. The number of ether oxygens (including phenoxy) is 2. The van der Waals surface area contributed by atoms with E-state index in [4.69, 9.17) is 15.2 Å². The topological polar surface area (TPSA) is 70.3 Å². The number of nitrogen functional groups attached to an aromatic ring is 1. The van der Waals surface area contributed by atoms with Crippen molar-refractivity contribution in [2.45, 2.75) is 6.61 Å². The number of rotatable bonds is 4. The highest BCUT2D eigenvalue weighted by Crippen LogP contribution is 2.31. The predicted molar refractivity (Wildman–Crippen MR) is 79.1 cm³/mol. The summed E-state index contributed by atoms with van der Waals surface area (Å²) >= 11 is 1.51. The molecule has 2 N–H and O–H groups in total. The first-order valence-electron chi connectivity index (χ1n) is 6.03. The van der Waals surface area contributed by atoms with Gasteiger partial charge in [0, 0.05) is 7.11 Å². The fraction of sp³-hybridized carbons (Fsp3) is 0.143. The van der Waals surface area contributed by atoms with Gasteiger partial charge in [-0.2, -0.15) is 4.98 Å². The molecule has 2 aromatic heterocycles. The first kappa shape index (κ1) is 12.8. The zero-order chi connectivity index (χ0) is 13.9. The van der Waals surface area contributed by atoms with E-state index in [-0.39, 0.29) is 5.95 Å². The molecule has 20 heavy (non-hydrogen) atoms. The largest absolute Gasteiger partial charge is 0.438 e. The third-order valence-corrected chi connectivity index (χ3v) is 3.54. The fourth-order valence-corrected chi connectivity index (χ4v) is 2.66. The van der Waals surface area contributed by atoms with E-state index in [0.717, 1.165) is 15.8 Å². The smallest absolute Gasteiger partial charge is 0.232 e. The summed E-state index contributed by atoms with van der Waals surface area (Å²) in [4.78, 5) is 9.15. The molecular formula is C14H13N3O2S. The van der Waals surface area contributed by atoms with Gasteiger partial charge in [0.25, 0.3) is 0 Å². The highest BCUT2D eigenvalue weighted by molar-refractivity contribution is 7.16. The van der Waals surface area contributed by atoms with Crippen LogP contribution in [0.15, 0.2) is 35.7 Å². The van der Waals surface area contributed by atoms with Crippen molar-refractivity contribution in [1.82, 2.24) is 9.97 Å². The van der Waals surface area contributed by atoms with Crippen molar-refractivity contribution in [2.24, 2.45) is 0 Å². The van der Waals surface area contributed by atoms with Gasteiger partial charge < -0.3 is 15.2 Å². The summed E-state index contributed by atoms with van der Waals surface area (Å²) in [6.07, 6.45) is 0. The molecule has 0 amide bonds. The summed E-state index contributed by atoms with van der Waals surface area (Å²) in [6.45, 7) is 0.539. The third kappa shape index (κ3) is 2.56. The van der Waals surface area contributed by atoms with Gasteiger partial charge in [-0.15, -0.1) is 11.3 Å². The minimum absolute atomic E-state index is 0.211. The van der Waals surface area contributed by atoms with Gasteiger partial charge in [0.15, 0.2) is 0 Å². The molecule has 0 bridgehead atoms. The molecule has 6 heteroatoms. The van der Waals surface area contributed by atoms with Crippen LogP contribution in [-0.4, -0.2) is 17.1 Å². The lowest BCUT2D eigenvalue weighted by molar-refractivity contribution is 0.184. The molecule has 2 heterocycles. The summed E-state index contributed by atoms with van der Waals surface area (Å²) < 4.78 is 10.9. The molecule has 0 saturated heterocycles. The van der Waals surface area contributed by atoms with Crippen LogP contribution in [0, 0.1) is 0 Å². The van der Waals surface area contributed by atoms with Crippen molar-refractivity contribution < 1.29 is 9.47 Å². The first-order chi connectivity index (χ1) is 9.76. The van der Waals surface area contributed by atoms with Crippen molar-refractivity contribution in [3.8, 4) is 11.6 Å². The Morgan fingerprint density at radius 1 is 1.25 bits per heavy atom. The van der Waals surface area contributed by atoms with E-state index in [9.17, 15) is 0 Å². The van der Waals surface area contributed by atoms with Gasteiger partial charge in [0.05, 0.1) is 12.0 Å². The number of nitrogens with zero attached hydrogens (tertiary/aromatic N) is 2. The molecule has 3 aromatic rings. The molecule has 0 aliphatic heterocycles. The van der Waals surface area contributed by atoms with Gasteiger partial charge in [-0.1, -0.05) is 12.1 Å². The van der Waals surface area contributed by atoms with Gasteiger partial charge in [-0.05, 0) is 29.1 Å². The van der Waals surface area contributed by atoms with Gasteiger partial charge in [-0.3, -0.25) is 0 Å². The van der Waals surface area contributed by atoms with Gasteiger partial charge in [0.1, 0.15) is 10.6 Å². The number of aromatic nitrogens is 2. The van der Waals surface area contributed by atoms with Gasteiger partial charge >= 0.3 is 0 Å². The lowest BCUT2D eigenvalue weighted by atomic mass is 10.2. The van der Waals surface area contributed by atoms with Crippen molar-refractivity contribution >= 4 is 27.5 Å². The molecule has 1 aromatic carbocycles. The lowest BCUT2D eigenvalue weighted by Gasteiger charge is -2.08. The zero-order valence-corrected chi connectivity index (χ0v) is 11.7. The average Bonchev–Trinajstić information content (AvgIpc) is 2.87. The third-order valence-electron chi connectivity index (χ3n) is 2.73. The lowest BCUT2D eigenvalue weighted by Crippen LogP contribution is -1.97. The molecule has 0 spiro atoms. The van der Waals surface area contributed by atoms with Crippen LogP contribution in [0.5, 0.6) is 11.6 Å². The number of fused-ring (bicyclic) bond motifs is 1. The zero-order valence-electron chi connectivity index (χ0n) is 10.9. The van der Waals surface area contributed by atoms with E-state index in [0.29, 0.717) is 18.2 Å². The molecule has 0 saturated carbocycles. The maximum absolute atomic E-state index is 5.84. The van der Waals surface area contributed by atoms with E-state index < -0.39 is 0 Å². The van der Waals surface area contributed by atoms with Crippen molar-refractivity contribution in [3.05, 3.63) is 41.3 Å². The van der Waals surface area contributed by atoms with E-state index in [1.165, 1.54) is 11.3 Å². The molecule has 0 fully saturated rings. The van der Waals surface area contributed by atoms with Crippen LogP contribution >= 0.6 is 11.3 Å². The quantitative estimate of drug-likeness (QED) is 0.797. The van der Waals surface area contributed by atoms with Crippen LogP contribution in [0.1, 0.15) is 5.56 Å². The molecular weight excluding hydrogens is 274 g/mol. The van der Waals surface area contributed by atoms with Crippen LogP contribution in [-0.2, 0) is 11.3 Å². The van der Waals surface area contributed by atoms with E-state index in [1.807, 2.05) is 35.7 Å². The molecule has 0 unspecified atom stereocenters. The molecule has 5 nitrogen and oxygen atoms in total. The number of thiophene rings is 1. The Morgan fingerprint density at radius 3 is 3.00 bits per heavy atom. The Kier molecular flexibility index (Phi) is 3.49. The van der Waals surface area contributed by atoms with E-state index in [2.05, 4.69) is 9.97 Å². The van der Waals surface area contributed by atoms with Crippen LogP contribution in [0.3, 0.4) is 0 Å². The maximum atomic E-state index is 5.84. The Morgan fingerprint density at radius 2 is 2.15 bits per heavy atom. The number of methoxy groups -OCH3 is 1. The van der Waals surface area contributed by atoms with E-state index >= 15 is 0 Å². The molecule has 0 radical (unpaired) electrons. The second-order valence-electron chi connectivity index (χ2n) is 4.21. The molecule has 0 aliphatic rings. The number of hydrogen-bond donors (Lipinski definition) is 1. The number of benzene rings is 1. The average molecular weight is 287 g/mol. The molecule has 0 aliphatic carbocycles. The van der Waals surface area contributed by atoms with Crippen LogP contribution in [0.25, 0.3) is 10.2 Å². The van der Waals surface area contributed by atoms with Crippen molar-refractivity contribution in [1.29, 1.82) is 0 Å². The predicted octanol–water partition coefficient (Wildman–Crippen LogP) is 3.21. The van der Waals surface area contributed by atoms with Gasteiger partial charge in [0.2, 0.25) is 11.8 Å².